The van der Waals surface area contributed by atoms with Crippen molar-refractivity contribution in [3.05, 3.63) is 18.3 Å². The number of halogens is 3. The summed E-state index contributed by atoms with van der Waals surface area (Å²) in [7, 11) is 0. The Morgan fingerprint density at radius 2 is 2.14 bits per heavy atom. The number of pyridine rings is 1. The number of aromatic nitrogens is 1. The molecule has 2 rings (SSSR count). The van der Waals surface area contributed by atoms with Crippen LogP contribution in [0.15, 0.2) is 18.3 Å². The number of rotatable bonds is 7. The van der Waals surface area contributed by atoms with E-state index in [1.807, 2.05) is 0 Å². The lowest BCUT2D eigenvalue weighted by Crippen LogP contribution is -2.23. The maximum Gasteiger partial charge on any atom is 0.422 e. The zero-order chi connectivity index (χ0) is 15.3. The molecule has 5 nitrogen and oxygen atoms in total. The first-order chi connectivity index (χ1) is 9.92. The lowest BCUT2D eigenvalue weighted by Gasteiger charge is -2.09. The third kappa shape index (κ3) is 6.44. The molecule has 1 amide bonds. The Labute approximate surface area is 119 Å². The van der Waals surface area contributed by atoms with Gasteiger partial charge in [-0.1, -0.05) is 0 Å². The van der Waals surface area contributed by atoms with Gasteiger partial charge in [0.05, 0.1) is 11.9 Å². The number of alkyl halides is 3. The van der Waals surface area contributed by atoms with Crippen molar-refractivity contribution in [1.82, 2.24) is 10.3 Å². The molecular weight excluding hydrogens is 287 g/mol. The van der Waals surface area contributed by atoms with Crippen molar-refractivity contribution in [2.24, 2.45) is 0 Å². The molecule has 1 aromatic rings. The zero-order valence-electron chi connectivity index (χ0n) is 11.2. The number of hydrogen-bond donors (Lipinski definition) is 2. The van der Waals surface area contributed by atoms with Crippen LogP contribution in [0, 0.1) is 0 Å². The number of nitrogens with one attached hydrogen (secondary N) is 2. The molecule has 21 heavy (non-hydrogen) atoms. The summed E-state index contributed by atoms with van der Waals surface area (Å²) in [5.41, 5.74) is 0.422. The van der Waals surface area contributed by atoms with Crippen LogP contribution in [0.2, 0.25) is 0 Å². The molecule has 8 heteroatoms. The van der Waals surface area contributed by atoms with Crippen LogP contribution in [-0.4, -0.2) is 36.3 Å². The van der Waals surface area contributed by atoms with Gasteiger partial charge in [0, 0.05) is 25.1 Å². The normalized spacial score (nSPS) is 14.8. The van der Waals surface area contributed by atoms with E-state index in [0.29, 0.717) is 24.7 Å². The summed E-state index contributed by atoms with van der Waals surface area (Å²) >= 11 is 0. The van der Waals surface area contributed by atoms with Crippen LogP contribution in [0.3, 0.4) is 0 Å². The van der Waals surface area contributed by atoms with E-state index in [0.717, 1.165) is 12.8 Å². The molecule has 0 bridgehead atoms. The molecular formula is C13H16F3N3O2. The minimum Gasteiger partial charge on any atom is -0.468 e. The predicted octanol–water partition coefficient (Wildman–Crippen LogP) is 2.10. The molecule has 1 heterocycles. The van der Waals surface area contributed by atoms with E-state index in [9.17, 15) is 18.0 Å². The lowest BCUT2D eigenvalue weighted by molar-refractivity contribution is -0.154. The molecule has 0 aliphatic heterocycles. The number of anilines is 1. The second-order valence-corrected chi connectivity index (χ2v) is 4.82. The fourth-order valence-electron chi connectivity index (χ4n) is 1.60. The van der Waals surface area contributed by atoms with Crippen LogP contribution in [0.4, 0.5) is 18.9 Å². The maximum absolute atomic E-state index is 12.0. The minimum atomic E-state index is -4.40. The Balaban J connectivity index is 1.71. The van der Waals surface area contributed by atoms with Crippen LogP contribution < -0.4 is 15.4 Å². The minimum absolute atomic E-state index is 0.138. The van der Waals surface area contributed by atoms with Crippen molar-refractivity contribution >= 4 is 11.6 Å². The van der Waals surface area contributed by atoms with Crippen LogP contribution >= 0.6 is 0 Å². The standard InChI is InChI=1S/C13H16F3N3O2/c14-13(15,16)8-21-12-4-3-10(7-18-12)19-11(20)5-6-17-9-1-2-9/h3-4,7,9,17H,1-2,5-6,8H2,(H,19,20). The first-order valence-electron chi connectivity index (χ1n) is 6.61. The highest BCUT2D eigenvalue weighted by Gasteiger charge is 2.28. The molecule has 1 saturated carbocycles. The Morgan fingerprint density at radius 1 is 1.38 bits per heavy atom. The van der Waals surface area contributed by atoms with Crippen LogP contribution in [0.25, 0.3) is 0 Å². The Hall–Kier alpha value is -1.83. The second kappa shape index (κ2) is 6.75. The molecule has 2 N–H and O–H groups in total. The van der Waals surface area contributed by atoms with E-state index in [4.69, 9.17) is 0 Å². The highest BCUT2D eigenvalue weighted by atomic mass is 19.4. The van der Waals surface area contributed by atoms with Crippen LogP contribution in [-0.2, 0) is 4.79 Å². The van der Waals surface area contributed by atoms with Crippen molar-refractivity contribution in [2.45, 2.75) is 31.5 Å². The summed E-state index contributed by atoms with van der Waals surface area (Å²) in [4.78, 5) is 15.3. The van der Waals surface area contributed by atoms with E-state index in [-0.39, 0.29) is 11.8 Å². The number of hydrogen-bond acceptors (Lipinski definition) is 4. The molecule has 116 valence electrons. The van der Waals surface area contributed by atoms with Crippen molar-refractivity contribution in [2.75, 3.05) is 18.5 Å². The topological polar surface area (TPSA) is 63.2 Å². The fourth-order valence-corrected chi connectivity index (χ4v) is 1.60. The van der Waals surface area contributed by atoms with E-state index in [1.165, 1.54) is 18.3 Å². The SMILES string of the molecule is O=C(CCNC1CC1)Nc1ccc(OCC(F)(F)F)nc1. The number of nitrogens with zero attached hydrogens (tertiary/aromatic N) is 1. The van der Waals surface area contributed by atoms with Crippen molar-refractivity contribution in [3.8, 4) is 5.88 Å². The van der Waals surface area contributed by atoms with Gasteiger partial charge in [0.2, 0.25) is 11.8 Å². The highest BCUT2D eigenvalue weighted by Crippen LogP contribution is 2.19. The third-order valence-electron chi connectivity index (χ3n) is 2.77. The molecule has 0 unspecified atom stereocenters. The van der Waals surface area contributed by atoms with E-state index in [2.05, 4.69) is 20.4 Å². The average Bonchev–Trinajstić information content (AvgIpc) is 3.21. The first-order valence-corrected chi connectivity index (χ1v) is 6.61. The largest absolute Gasteiger partial charge is 0.468 e. The van der Waals surface area contributed by atoms with Gasteiger partial charge in [-0.15, -0.1) is 0 Å². The van der Waals surface area contributed by atoms with Gasteiger partial charge in [-0.25, -0.2) is 4.98 Å². The summed E-state index contributed by atoms with van der Waals surface area (Å²) in [5.74, 6) is -0.311. The molecule has 1 fully saturated rings. The third-order valence-corrected chi connectivity index (χ3v) is 2.77. The van der Waals surface area contributed by atoms with Gasteiger partial charge in [-0.05, 0) is 18.9 Å². The fraction of sp³-hybridized carbons (Fsp3) is 0.538. The van der Waals surface area contributed by atoms with Crippen LogP contribution in [0.1, 0.15) is 19.3 Å². The van der Waals surface area contributed by atoms with Gasteiger partial charge in [-0.2, -0.15) is 13.2 Å². The molecule has 0 atom stereocenters. The van der Waals surface area contributed by atoms with Gasteiger partial charge in [0.1, 0.15) is 0 Å². The first kappa shape index (κ1) is 15.6. The predicted molar refractivity (Wildman–Crippen MR) is 70.1 cm³/mol. The maximum atomic E-state index is 12.0. The number of carbonyl (C=O) groups is 1. The Morgan fingerprint density at radius 3 is 2.71 bits per heavy atom. The van der Waals surface area contributed by atoms with Crippen molar-refractivity contribution in [1.29, 1.82) is 0 Å². The highest BCUT2D eigenvalue weighted by molar-refractivity contribution is 5.90. The van der Waals surface area contributed by atoms with Crippen molar-refractivity contribution < 1.29 is 22.7 Å². The molecule has 0 spiro atoms. The number of ether oxygens (including phenoxy) is 1. The molecule has 1 aliphatic rings. The van der Waals surface area contributed by atoms with E-state index < -0.39 is 12.8 Å². The van der Waals surface area contributed by atoms with Gasteiger partial charge in [-0.3, -0.25) is 4.79 Å². The summed E-state index contributed by atoms with van der Waals surface area (Å²) in [6.07, 6.45) is -0.486. The summed E-state index contributed by atoms with van der Waals surface area (Å²) in [6, 6.07) is 3.28. The van der Waals surface area contributed by atoms with Gasteiger partial charge < -0.3 is 15.4 Å². The van der Waals surface area contributed by atoms with E-state index in [1.54, 1.807) is 0 Å². The Kier molecular flexibility index (Phi) is 5.00. The van der Waals surface area contributed by atoms with Crippen LogP contribution in [0.5, 0.6) is 5.88 Å². The molecule has 1 aliphatic carbocycles. The van der Waals surface area contributed by atoms with Gasteiger partial charge in [0.15, 0.2) is 6.61 Å². The summed E-state index contributed by atoms with van der Waals surface area (Å²) in [5, 5.41) is 5.83. The zero-order valence-corrected chi connectivity index (χ0v) is 11.2. The quantitative estimate of drug-likeness (QED) is 0.810. The van der Waals surface area contributed by atoms with Gasteiger partial charge in [0.25, 0.3) is 0 Å². The molecule has 0 saturated heterocycles. The lowest BCUT2D eigenvalue weighted by atomic mass is 10.3. The Bertz CT molecular complexity index is 473. The number of carbonyl (C=O) groups excluding carboxylic acids is 1. The second-order valence-electron chi connectivity index (χ2n) is 4.82. The average molecular weight is 303 g/mol. The van der Waals surface area contributed by atoms with E-state index >= 15 is 0 Å². The molecule has 0 radical (unpaired) electrons. The molecule has 0 aromatic carbocycles. The van der Waals surface area contributed by atoms with Gasteiger partial charge >= 0.3 is 6.18 Å². The van der Waals surface area contributed by atoms with Crippen molar-refractivity contribution in [3.63, 3.8) is 0 Å². The number of amides is 1. The summed E-state index contributed by atoms with van der Waals surface area (Å²) < 4.78 is 40.3. The molecule has 1 aromatic heterocycles. The summed E-state index contributed by atoms with van der Waals surface area (Å²) in [6.45, 7) is -0.782. The smallest absolute Gasteiger partial charge is 0.422 e. The monoisotopic (exact) mass is 303 g/mol.